The number of hydrogen-bond donors (Lipinski definition) is 2. The molecule has 0 aliphatic carbocycles. The van der Waals surface area contributed by atoms with E-state index in [1.807, 2.05) is 42.1 Å². The first-order valence-electron chi connectivity index (χ1n) is 5.73. The van der Waals surface area contributed by atoms with Gasteiger partial charge in [-0.2, -0.15) is 11.8 Å². The summed E-state index contributed by atoms with van der Waals surface area (Å²) in [6.45, 7) is 2.80. The second-order valence-electron chi connectivity index (χ2n) is 3.90. The van der Waals surface area contributed by atoms with Crippen LogP contribution in [0.15, 0.2) is 30.3 Å². The Labute approximate surface area is 102 Å². The Bertz CT molecular complexity index is 279. The fourth-order valence-corrected chi connectivity index (χ4v) is 2.35. The van der Waals surface area contributed by atoms with Crippen LogP contribution in [-0.4, -0.2) is 29.7 Å². The van der Waals surface area contributed by atoms with Gasteiger partial charge in [-0.15, -0.1) is 0 Å². The molecule has 16 heavy (non-hydrogen) atoms. The van der Waals surface area contributed by atoms with E-state index in [2.05, 4.69) is 18.5 Å². The van der Waals surface area contributed by atoms with Crippen molar-refractivity contribution in [1.29, 1.82) is 0 Å². The van der Waals surface area contributed by atoms with Crippen molar-refractivity contribution in [1.82, 2.24) is 5.32 Å². The first-order valence-corrected chi connectivity index (χ1v) is 7.12. The number of aliphatic hydroxyl groups is 1. The maximum atomic E-state index is 9.96. The predicted octanol–water partition coefficient (Wildman–Crippen LogP) is 2.45. The van der Waals surface area contributed by atoms with E-state index in [9.17, 15) is 5.11 Å². The Balaban J connectivity index is 2.37. The average Bonchev–Trinajstić information content (AvgIpc) is 2.35. The molecule has 0 radical (unpaired) electrons. The summed E-state index contributed by atoms with van der Waals surface area (Å²) in [6, 6.07) is 10.3. The number of hydrogen-bond acceptors (Lipinski definition) is 3. The van der Waals surface area contributed by atoms with Crippen LogP contribution >= 0.6 is 11.8 Å². The summed E-state index contributed by atoms with van der Waals surface area (Å²) in [5.41, 5.74) is 0.981. The summed E-state index contributed by atoms with van der Waals surface area (Å²) in [7, 11) is 0. The molecule has 0 saturated heterocycles. The molecule has 2 unspecified atom stereocenters. The van der Waals surface area contributed by atoms with Gasteiger partial charge in [0.2, 0.25) is 0 Å². The van der Waals surface area contributed by atoms with Crippen LogP contribution in [0.3, 0.4) is 0 Å². The van der Waals surface area contributed by atoms with Crippen LogP contribution in [0.25, 0.3) is 0 Å². The van der Waals surface area contributed by atoms with Crippen molar-refractivity contribution in [2.45, 2.75) is 25.5 Å². The zero-order valence-electron chi connectivity index (χ0n) is 10.0. The lowest BCUT2D eigenvalue weighted by Crippen LogP contribution is -2.34. The molecule has 2 nitrogen and oxygen atoms in total. The Kier molecular flexibility index (Phi) is 6.53. The van der Waals surface area contributed by atoms with Crippen LogP contribution < -0.4 is 5.32 Å². The minimum atomic E-state index is -0.405. The SMILES string of the molecule is CCC(CSC)NCC(O)c1ccccc1. The van der Waals surface area contributed by atoms with Crippen LogP contribution in [0.2, 0.25) is 0 Å². The molecule has 0 aliphatic heterocycles. The highest BCUT2D eigenvalue weighted by Gasteiger charge is 2.10. The monoisotopic (exact) mass is 239 g/mol. The second kappa shape index (κ2) is 7.71. The Morgan fingerprint density at radius 3 is 2.56 bits per heavy atom. The van der Waals surface area contributed by atoms with E-state index in [4.69, 9.17) is 0 Å². The van der Waals surface area contributed by atoms with Gasteiger partial charge in [0.15, 0.2) is 0 Å². The second-order valence-corrected chi connectivity index (χ2v) is 4.81. The molecule has 1 aromatic carbocycles. The minimum Gasteiger partial charge on any atom is -0.387 e. The average molecular weight is 239 g/mol. The molecule has 2 N–H and O–H groups in total. The molecular formula is C13H21NOS. The summed E-state index contributed by atoms with van der Waals surface area (Å²) >= 11 is 1.84. The predicted molar refractivity (Wildman–Crippen MR) is 71.9 cm³/mol. The van der Waals surface area contributed by atoms with Crippen molar-refractivity contribution < 1.29 is 5.11 Å². The van der Waals surface area contributed by atoms with Crippen LogP contribution in [0.5, 0.6) is 0 Å². The Hall–Kier alpha value is -0.510. The van der Waals surface area contributed by atoms with Crippen LogP contribution in [-0.2, 0) is 0 Å². The third-order valence-electron chi connectivity index (χ3n) is 2.64. The normalized spacial score (nSPS) is 14.7. The largest absolute Gasteiger partial charge is 0.387 e. The molecule has 0 fully saturated rings. The standard InChI is InChI=1S/C13H21NOS/c1-3-12(10-16-2)14-9-13(15)11-7-5-4-6-8-11/h4-8,12-15H,3,9-10H2,1-2H3. The molecule has 0 bridgehead atoms. The molecule has 90 valence electrons. The molecular weight excluding hydrogens is 218 g/mol. The van der Waals surface area contributed by atoms with Gasteiger partial charge >= 0.3 is 0 Å². The van der Waals surface area contributed by atoms with Gasteiger partial charge in [0.1, 0.15) is 0 Å². The topological polar surface area (TPSA) is 32.3 Å². The third-order valence-corrected chi connectivity index (χ3v) is 3.38. The zero-order valence-corrected chi connectivity index (χ0v) is 10.8. The van der Waals surface area contributed by atoms with Crippen molar-refractivity contribution in [3.63, 3.8) is 0 Å². The van der Waals surface area contributed by atoms with Gasteiger partial charge in [0.05, 0.1) is 6.10 Å². The van der Waals surface area contributed by atoms with Gasteiger partial charge in [0.25, 0.3) is 0 Å². The van der Waals surface area contributed by atoms with Crippen molar-refractivity contribution in [3.05, 3.63) is 35.9 Å². The van der Waals surface area contributed by atoms with Crippen molar-refractivity contribution >= 4 is 11.8 Å². The van der Waals surface area contributed by atoms with Crippen molar-refractivity contribution in [3.8, 4) is 0 Å². The fourth-order valence-electron chi connectivity index (χ4n) is 1.59. The first kappa shape index (κ1) is 13.6. The molecule has 1 aromatic rings. The molecule has 1 rings (SSSR count). The Morgan fingerprint density at radius 2 is 2.00 bits per heavy atom. The number of benzene rings is 1. The first-order chi connectivity index (χ1) is 7.77. The molecule has 0 spiro atoms. The summed E-state index contributed by atoms with van der Waals surface area (Å²) in [5.74, 6) is 1.10. The van der Waals surface area contributed by atoms with Crippen molar-refractivity contribution in [2.24, 2.45) is 0 Å². The molecule has 3 heteroatoms. The van der Waals surface area contributed by atoms with Crippen LogP contribution in [0, 0.1) is 0 Å². The lowest BCUT2D eigenvalue weighted by molar-refractivity contribution is 0.170. The van der Waals surface area contributed by atoms with Gasteiger partial charge < -0.3 is 10.4 Å². The zero-order chi connectivity index (χ0) is 11.8. The van der Waals surface area contributed by atoms with Crippen molar-refractivity contribution in [2.75, 3.05) is 18.6 Å². The number of rotatable bonds is 7. The quantitative estimate of drug-likeness (QED) is 0.766. The number of nitrogens with one attached hydrogen (secondary N) is 1. The molecule has 0 aromatic heterocycles. The van der Waals surface area contributed by atoms with Crippen LogP contribution in [0.1, 0.15) is 25.0 Å². The molecule has 0 aliphatic rings. The smallest absolute Gasteiger partial charge is 0.0914 e. The fraction of sp³-hybridized carbons (Fsp3) is 0.538. The maximum absolute atomic E-state index is 9.96. The van der Waals surface area contributed by atoms with E-state index in [0.717, 1.165) is 17.7 Å². The summed E-state index contributed by atoms with van der Waals surface area (Å²) in [4.78, 5) is 0. The van der Waals surface area contributed by atoms with E-state index >= 15 is 0 Å². The van der Waals surface area contributed by atoms with Gasteiger partial charge in [-0.05, 0) is 18.2 Å². The molecule has 0 heterocycles. The highest BCUT2D eigenvalue weighted by Crippen LogP contribution is 2.11. The summed E-state index contributed by atoms with van der Waals surface area (Å²) in [5, 5.41) is 13.4. The highest BCUT2D eigenvalue weighted by molar-refractivity contribution is 7.98. The summed E-state index contributed by atoms with van der Waals surface area (Å²) in [6.07, 6.45) is 2.80. The van der Waals surface area contributed by atoms with E-state index in [1.165, 1.54) is 0 Å². The molecule has 2 atom stereocenters. The van der Waals surface area contributed by atoms with Gasteiger partial charge in [-0.3, -0.25) is 0 Å². The summed E-state index contributed by atoms with van der Waals surface area (Å²) < 4.78 is 0. The number of aliphatic hydroxyl groups excluding tert-OH is 1. The van der Waals surface area contributed by atoms with E-state index in [-0.39, 0.29) is 0 Å². The van der Waals surface area contributed by atoms with Crippen LogP contribution in [0.4, 0.5) is 0 Å². The van der Waals surface area contributed by atoms with Gasteiger partial charge in [-0.1, -0.05) is 37.3 Å². The molecule has 0 saturated carbocycles. The molecule has 0 amide bonds. The highest BCUT2D eigenvalue weighted by atomic mass is 32.2. The van der Waals surface area contributed by atoms with Gasteiger partial charge in [-0.25, -0.2) is 0 Å². The van der Waals surface area contributed by atoms with E-state index < -0.39 is 6.10 Å². The maximum Gasteiger partial charge on any atom is 0.0914 e. The number of thioether (sulfide) groups is 1. The lowest BCUT2D eigenvalue weighted by Gasteiger charge is -2.18. The van der Waals surface area contributed by atoms with Gasteiger partial charge in [0, 0.05) is 18.3 Å². The minimum absolute atomic E-state index is 0.405. The third kappa shape index (κ3) is 4.56. The van der Waals surface area contributed by atoms with E-state index in [0.29, 0.717) is 12.6 Å². The lowest BCUT2D eigenvalue weighted by atomic mass is 10.1. The van der Waals surface area contributed by atoms with E-state index in [1.54, 1.807) is 0 Å². The Morgan fingerprint density at radius 1 is 1.31 bits per heavy atom.